The summed E-state index contributed by atoms with van der Waals surface area (Å²) in [6.45, 7) is 18.0. The molecule has 1 aliphatic carbocycles. The van der Waals surface area contributed by atoms with Gasteiger partial charge in [-0.1, -0.05) is 45.9 Å². The SMILES string of the molecule is CO[C@H]1/C=C/O[C@@]2(C)Oc3c(C)c(O)c4c(O)c(c(/C=N/N5CCN(CC6CCN(c7c(F)cn8c(=O)c(C(=O)O)cc(C9CC9)c8c7C)C6)CC5)c(O)c4c3C2=O)NC(=O)/C(C)=C\C=C\[C@H](C)[C@H](O)[C@@H](C)[C@@H](O)[C@@H](C)[C@H](OC(C)=O)[C@@H]1C. The molecule has 2 saturated heterocycles. The minimum atomic E-state index is -2.11. The van der Waals surface area contributed by atoms with Gasteiger partial charge in [-0.05, 0) is 75.1 Å². The Kier molecular flexibility index (Phi) is 17.1. The molecule has 1 amide bonds. The lowest BCUT2D eigenvalue weighted by Crippen LogP contribution is -2.46. The topological polar surface area (TPSA) is 282 Å². The van der Waals surface area contributed by atoms with Gasteiger partial charge in [0, 0.05) is 107 Å². The number of anilines is 2. The maximum Gasteiger partial charge on any atom is 0.341 e. The number of nitrogens with one attached hydrogen (secondary N) is 1. The number of hydrazone groups is 1. The zero-order chi connectivity index (χ0) is 60.3. The number of aliphatic hydroxyl groups excluding tert-OH is 2. The van der Waals surface area contributed by atoms with Gasteiger partial charge in [0.25, 0.3) is 17.2 Å². The molecule has 6 aliphatic rings. The van der Waals surface area contributed by atoms with Crippen LogP contribution < -0.4 is 20.5 Å². The summed E-state index contributed by atoms with van der Waals surface area (Å²) in [5.41, 5.74) is 0.525. The molecule has 5 bridgehead atoms. The molecule has 7 heterocycles. The van der Waals surface area contributed by atoms with Crippen molar-refractivity contribution >= 4 is 57.5 Å². The van der Waals surface area contributed by atoms with E-state index < -0.39 is 106 Å². The molecule has 22 heteroatoms. The smallest absolute Gasteiger partial charge is 0.341 e. The van der Waals surface area contributed by atoms with Crippen molar-refractivity contribution in [1.82, 2.24) is 14.3 Å². The number of amides is 1. The van der Waals surface area contributed by atoms with Gasteiger partial charge >= 0.3 is 17.7 Å². The maximum absolute atomic E-state index is 16.1. The average molecular weight is 1150 g/mol. The van der Waals surface area contributed by atoms with Crippen LogP contribution in [0.3, 0.4) is 0 Å². The lowest BCUT2D eigenvalue weighted by atomic mass is 9.78. The summed E-state index contributed by atoms with van der Waals surface area (Å²) in [6.07, 6.45) is 8.19. The number of rotatable bonds is 9. The first-order chi connectivity index (χ1) is 39.3. The molecule has 7 N–H and O–H groups in total. The molecule has 0 spiro atoms. The highest BCUT2D eigenvalue weighted by Gasteiger charge is 2.50. The fourth-order valence-electron chi connectivity index (χ4n) is 12.5. The summed E-state index contributed by atoms with van der Waals surface area (Å²) in [5.74, 6) is -10.6. The molecule has 4 aromatic rings. The van der Waals surface area contributed by atoms with Gasteiger partial charge in [-0.3, -0.25) is 33.5 Å². The van der Waals surface area contributed by atoms with Crippen molar-refractivity contribution in [2.75, 3.05) is 63.1 Å². The fraction of sp³-hybridized carbons (Fsp3) is 0.508. The number of carbonyl (C=O) groups is 4. The number of aliphatic hydroxyl groups is 2. The van der Waals surface area contributed by atoms with E-state index in [1.807, 2.05) is 4.90 Å². The van der Waals surface area contributed by atoms with E-state index in [0.717, 1.165) is 35.4 Å². The summed E-state index contributed by atoms with van der Waals surface area (Å²) in [4.78, 5) is 70.8. The first kappa shape index (κ1) is 60.1. The normalized spacial score (nSPS) is 29.0. The maximum atomic E-state index is 16.1. The number of hydrogen-bond acceptors (Lipinski definition) is 18. The Morgan fingerprint density at radius 3 is 2.25 bits per heavy atom. The van der Waals surface area contributed by atoms with Crippen molar-refractivity contribution in [2.24, 2.45) is 34.7 Å². The molecule has 1 saturated carbocycles. The first-order valence-electron chi connectivity index (χ1n) is 28.2. The van der Waals surface area contributed by atoms with Gasteiger partial charge in [0.15, 0.2) is 11.6 Å². The monoisotopic (exact) mass is 1150 g/mol. The van der Waals surface area contributed by atoms with Crippen LogP contribution in [0.4, 0.5) is 15.8 Å². The largest absolute Gasteiger partial charge is 0.507 e. The van der Waals surface area contributed by atoms with Crippen molar-refractivity contribution in [3.8, 4) is 23.0 Å². The molecule has 446 valence electrons. The summed E-state index contributed by atoms with van der Waals surface area (Å²) < 4.78 is 41.1. The van der Waals surface area contributed by atoms with E-state index in [1.54, 1.807) is 51.8 Å². The molecule has 2 aromatic carbocycles. The van der Waals surface area contributed by atoms with Crippen molar-refractivity contribution in [1.29, 1.82) is 0 Å². The number of piperazine rings is 1. The Hall–Kier alpha value is -7.53. The number of ether oxygens (including phenoxy) is 4. The number of phenols is 3. The number of hydrogen-bond donors (Lipinski definition) is 7. The number of ketones is 1. The van der Waals surface area contributed by atoms with E-state index in [0.29, 0.717) is 62.6 Å². The minimum absolute atomic E-state index is 0.0141. The zero-order valence-electron chi connectivity index (χ0n) is 48.4. The lowest BCUT2D eigenvalue weighted by molar-refractivity contribution is -0.160. The molecule has 10 atom stereocenters. The number of esters is 1. The zero-order valence-corrected chi connectivity index (χ0v) is 48.4. The molecule has 5 aliphatic heterocycles. The number of phenolic OH excluding ortho intramolecular Hbond substituents is 3. The molecule has 10 rings (SSSR count). The summed E-state index contributed by atoms with van der Waals surface area (Å²) >= 11 is 0. The van der Waals surface area contributed by atoms with Gasteiger partial charge in [-0.2, -0.15) is 5.10 Å². The Labute approximate surface area is 479 Å². The van der Waals surface area contributed by atoms with E-state index in [9.17, 15) is 54.6 Å². The number of carboxylic acid groups (broad SMARTS) is 1. The molecular weight excluding hydrogens is 1080 g/mol. The van der Waals surface area contributed by atoms with Crippen LogP contribution in [0.15, 0.2) is 58.3 Å². The summed E-state index contributed by atoms with van der Waals surface area (Å²) in [7, 11) is 1.42. The highest BCUT2D eigenvalue weighted by atomic mass is 19.1. The summed E-state index contributed by atoms with van der Waals surface area (Å²) in [5, 5.41) is 77.9. The van der Waals surface area contributed by atoms with Crippen LogP contribution in [0.5, 0.6) is 23.0 Å². The first-order valence-corrected chi connectivity index (χ1v) is 28.2. The van der Waals surface area contributed by atoms with Gasteiger partial charge < -0.3 is 59.8 Å². The van der Waals surface area contributed by atoms with E-state index in [1.165, 1.54) is 65.5 Å². The van der Waals surface area contributed by atoms with Crippen LogP contribution in [-0.2, 0) is 23.8 Å². The lowest BCUT2D eigenvalue weighted by Gasteiger charge is -2.38. The van der Waals surface area contributed by atoms with Crippen LogP contribution in [0.2, 0.25) is 0 Å². The van der Waals surface area contributed by atoms with Crippen molar-refractivity contribution in [3.63, 3.8) is 0 Å². The molecule has 1 unspecified atom stereocenters. The second kappa shape index (κ2) is 23.6. The Balaban J connectivity index is 1.00. The van der Waals surface area contributed by atoms with E-state index in [2.05, 4.69) is 10.2 Å². The number of benzene rings is 2. The predicted molar refractivity (Wildman–Crippen MR) is 307 cm³/mol. The Morgan fingerprint density at radius 2 is 1.60 bits per heavy atom. The number of aromatic hydroxyl groups is 3. The third-order valence-corrected chi connectivity index (χ3v) is 17.5. The molecule has 83 heavy (non-hydrogen) atoms. The number of allylic oxidation sites excluding steroid dienone is 2. The molecular formula is C61H75FN6O15. The van der Waals surface area contributed by atoms with Gasteiger partial charge in [0.1, 0.15) is 28.9 Å². The number of aryl methyl sites for hydroxylation is 1. The number of pyridine rings is 2. The number of halogens is 1. The third-order valence-electron chi connectivity index (χ3n) is 17.5. The number of methoxy groups -OCH3 is 1. The van der Waals surface area contributed by atoms with E-state index in [4.69, 9.17) is 24.0 Å². The van der Waals surface area contributed by atoms with Gasteiger partial charge in [-0.25, -0.2) is 9.18 Å². The number of Topliss-reactive ketones (excluding diaryl/α,β-unsaturated/α-hetero) is 1. The number of carbonyl (C=O) groups excluding carboxylic acids is 3. The van der Waals surface area contributed by atoms with Crippen molar-refractivity contribution < 1.29 is 73.2 Å². The van der Waals surface area contributed by atoms with Crippen LogP contribution in [0, 0.1) is 49.3 Å². The van der Waals surface area contributed by atoms with Crippen LogP contribution in [-0.4, -0.2) is 158 Å². The highest BCUT2D eigenvalue weighted by molar-refractivity contribution is 6.24. The van der Waals surface area contributed by atoms with Gasteiger partial charge in [0.05, 0.1) is 70.4 Å². The van der Waals surface area contributed by atoms with E-state index in [-0.39, 0.29) is 61.9 Å². The molecule has 2 aromatic heterocycles. The van der Waals surface area contributed by atoms with Crippen molar-refractivity contribution in [3.05, 3.63) is 98.0 Å². The third kappa shape index (κ3) is 11.4. The number of carboxylic acids is 1. The van der Waals surface area contributed by atoms with E-state index >= 15 is 4.39 Å². The minimum Gasteiger partial charge on any atom is -0.507 e. The summed E-state index contributed by atoms with van der Waals surface area (Å²) in [6, 6.07) is 1.45. The molecule has 3 fully saturated rings. The second-order valence-electron chi connectivity index (χ2n) is 23.3. The molecule has 0 radical (unpaired) electrons. The fourth-order valence-corrected chi connectivity index (χ4v) is 12.5. The highest BCUT2D eigenvalue weighted by Crippen LogP contribution is 2.55. The quantitative estimate of drug-likeness (QED) is 0.0390. The Bertz CT molecular complexity index is 3460. The number of fused-ring (bicyclic) bond motifs is 15. The van der Waals surface area contributed by atoms with Crippen LogP contribution in [0.25, 0.3) is 16.3 Å². The van der Waals surface area contributed by atoms with Gasteiger partial charge in [-0.15, -0.1) is 0 Å². The van der Waals surface area contributed by atoms with Gasteiger partial charge in [0.2, 0.25) is 0 Å². The van der Waals surface area contributed by atoms with Crippen LogP contribution in [0.1, 0.15) is 117 Å². The Morgan fingerprint density at radius 1 is 0.904 bits per heavy atom. The standard InChI is InChI=1S/C61H75FN6O15/c1-29-12-11-13-30(2)58(76)64-47-41(25-63-67-21-19-65(20-22-67)26-37-16-18-66(27-37)49-32(4)48-39(38-14-15-38)24-40(60(78)79)59(77)68(48)28-42(49)62)53(73)44-45(54(47)74)52(72)35(7)56-46(44)57(75)61(9,83-56)81-23-17-43(80-10)31(3)55(82-36(8)69)34(6)51(71)33(5)50(29)70/h11-13,17,23-25,28-29,31,33-34,37-38,43,50-51,55,70-74H,14-16,18-22,26-27H2,1-10H3,(H,64,76)(H,78,79)/b12-11+,23-17+,30-13-,63-25+/t29-,31+,33+,34+,37?,43-,50-,51+,55+,61-/m0/s1. The van der Waals surface area contributed by atoms with Crippen molar-refractivity contribution in [2.45, 2.75) is 118 Å². The average Bonchev–Trinajstić information content (AvgIpc) is 2.51. The molecule has 21 nitrogen and oxygen atoms in total. The number of nitrogens with zero attached hydrogens (tertiary/aromatic N) is 5. The number of aromatic nitrogens is 1. The predicted octanol–water partition coefficient (Wildman–Crippen LogP) is 6.87. The second-order valence-corrected chi connectivity index (χ2v) is 23.3. The number of aromatic carboxylic acids is 1. The van der Waals surface area contributed by atoms with Crippen LogP contribution >= 0.6 is 0 Å².